The normalized spacial score (nSPS) is 11.0. The zero-order valence-corrected chi connectivity index (χ0v) is 15.5. The maximum Gasteiger partial charge on any atom is 0.301 e. The summed E-state index contributed by atoms with van der Waals surface area (Å²) < 4.78 is 0.763. The van der Waals surface area contributed by atoms with E-state index in [-0.39, 0.29) is 28.4 Å². The minimum absolute atomic E-state index is 0.131. The van der Waals surface area contributed by atoms with Crippen LogP contribution in [0.4, 0.5) is 28.4 Å². The molecule has 2 aromatic carbocycles. The first-order valence-electron chi connectivity index (χ1n) is 8.24. The Morgan fingerprint density at radius 3 is 2.16 bits per heavy atom. The number of hydrogen-bond acceptors (Lipinski definition) is 10. The number of H-pyrrole nitrogens is 1. The second kappa shape index (κ2) is 7.82. The zero-order valence-electron chi connectivity index (χ0n) is 15.5. The summed E-state index contributed by atoms with van der Waals surface area (Å²) in [6.45, 7) is 1.41. The lowest BCUT2D eigenvalue weighted by Crippen LogP contribution is -2.15. The lowest BCUT2D eigenvalue weighted by atomic mass is 10.2. The molecule has 3 aromatic rings. The predicted octanol–water partition coefficient (Wildman–Crippen LogP) is 3.32. The van der Waals surface area contributed by atoms with Crippen molar-refractivity contribution in [3.05, 3.63) is 82.8 Å². The van der Waals surface area contributed by atoms with E-state index in [1.165, 1.54) is 6.92 Å². The number of aromatic nitrogens is 2. The van der Waals surface area contributed by atoms with Crippen molar-refractivity contribution in [3.63, 3.8) is 0 Å². The van der Waals surface area contributed by atoms with Gasteiger partial charge in [-0.25, -0.2) is 4.68 Å². The number of rotatable bonds is 6. The monoisotopic (exact) mass is 429 g/mol. The lowest BCUT2D eigenvalue weighted by molar-refractivity contribution is -0.394. The molecule has 15 heteroatoms. The number of aromatic amines is 1. The molecule has 0 spiro atoms. The molecule has 0 unspecified atom stereocenters. The number of nitro groups is 3. The molecule has 31 heavy (non-hydrogen) atoms. The van der Waals surface area contributed by atoms with Crippen LogP contribution in [0.25, 0.3) is 5.69 Å². The molecular formula is C16H11N7O8. The van der Waals surface area contributed by atoms with Crippen molar-refractivity contribution < 1.29 is 19.9 Å². The summed E-state index contributed by atoms with van der Waals surface area (Å²) in [6.07, 6.45) is 0. The predicted molar refractivity (Wildman–Crippen MR) is 103 cm³/mol. The molecule has 0 bridgehead atoms. The van der Waals surface area contributed by atoms with Gasteiger partial charge in [0, 0.05) is 18.2 Å². The molecule has 0 atom stereocenters. The van der Waals surface area contributed by atoms with Crippen molar-refractivity contribution in [2.75, 3.05) is 0 Å². The van der Waals surface area contributed by atoms with Gasteiger partial charge in [-0.3, -0.25) is 40.2 Å². The van der Waals surface area contributed by atoms with Gasteiger partial charge in [0.15, 0.2) is 5.69 Å². The third-order valence-electron chi connectivity index (χ3n) is 4.08. The number of nitrogens with zero attached hydrogens (tertiary/aromatic N) is 6. The van der Waals surface area contributed by atoms with Crippen molar-refractivity contribution >= 4 is 28.4 Å². The Morgan fingerprint density at radius 1 is 0.935 bits per heavy atom. The summed E-state index contributed by atoms with van der Waals surface area (Å²) >= 11 is 0. The minimum Gasteiger partial charge on any atom is -0.506 e. The van der Waals surface area contributed by atoms with E-state index in [2.05, 4.69) is 15.3 Å². The average Bonchev–Trinajstić information content (AvgIpc) is 3.00. The lowest BCUT2D eigenvalue weighted by Gasteiger charge is -2.02. The van der Waals surface area contributed by atoms with Gasteiger partial charge in [-0.15, -0.1) is 10.2 Å². The second-order valence-electron chi connectivity index (χ2n) is 6.04. The number of nitro benzene ring substituents is 3. The molecular weight excluding hydrogens is 418 g/mol. The maximum absolute atomic E-state index is 12.7. The number of phenols is 1. The Bertz CT molecular complexity index is 1320. The van der Waals surface area contributed by atoms with E-state index < -0.39 is 37.5 Å². The number of azo groups is 1. The fraction of sp³-hybridized carbons (Fsp3) is 0.0625. The van der Waals surface area contributed by atoms with E-state index in [0.717, 1.165) is 35.0 Å². The van der Waals surface area contributed by atoms with Gasteiger partial charge < -0.3 is 5.11 Å². The molecule has 15 nitrogen and oxygen atoms in total. The third-order valence-corrected chi connectivity index (χ3v) is 4.08. The number of hydrogen-bond donors (Lipinski definition) is 2. The van der Waals surface area contributed by atoms with E-state index >= 15 is 0 Å². The second-order valence-corrected chi connectivity index (χ2v) is 6.04. The van der Waals surface area contributed by atoms with Crippen molar-refractivity contribution in [2.45, 2.75) is 6.92 Å². The van der Waals surface area contributed by atoms with E-state index in [9.17, 15) is 40.2 Å². The van der Waals surface area contributed by atoms with E-state index in [0.29, 0.717) is 6.07 Å². The topological polar surface area (TPSA) is 212 Å². The van der Waals surface area contributed by atoms with Gasteiger partial charge >= 0.3 is 5.69 Å². The Labute approximate surface area is 170 Å². The Balaban J connectivity index is 2.09. The molecule has 0 saturated heterocycles. The number of non-ortho nitro benzene ring substituents is 2. The van der Waals surface area contributed by atoms with Gasteiger partial charge in [0.2, 0.25) is 0 Å². The molecule has 0 aliphatic rings. The first-order chi connectivity index (χ1) is 14.6. The van der Waals surface area contributed by atoms with Crippen molar-refractivity contribution in [3.8, 4) is 11.4 Å². The number of nitrogens with one attached hydrogen (secondary N) is 1. The highest BCUT2D eigenvalue weighted by molar-refractivity contribution is 5.59. The van der Waals surface area contributed by atoms with Crippen LogP contribution < -0.4 is 5.56 Å². The Hall–Kier alpha value is -4.95. The quantitative estimate of drug-likeness (QED) is 0.336. The third kappa shape index (κ3) is 3.95. The largest absolute Gasteiger partial charge is 0.506 e. The van der Waals surface area contributed by atoms with Crippen LogP contribution in [0.5, 0.6) is 5.75 Å². The molecule has 0 radical (unpaired) electrons. The molecule has 1 aromatic heterocycles. The van der Waals surface area contributed by atoms with Crippen LogP contribution in [-0.4, -0.2) is 29.7 Å². The summed E-state index contributed by atoms with van der Waals surface area (Å²) in [6, 6.07) is 5.76. The molecule has 0 aliphatic heterocycles. The van der Waals surface area contributed by atoms with Crippen LogP contribution in [0.1, 0.15) is 5.69 Å². The van der Waals surface area contributed by atoms with Crippen LogP contribution in [0, 0.1) is 37.3 Å². The molecule has 0 fully saturated rings. The molecule has 158 valence electrons. The van der Waals surface area contributed by atoms with Gasteiger partial charge in [-0.1, -0.05) is 0 Å². The summed E-state index contributed by atoms with van der Waals surface area (Å²) in [5, 5.41) is 52.8. The standard InChI is InChI=1S/C16H11N7O8/c1-8-15(18-17-11-6-9(21(26)27)3-5-14(11)24)16(25)20(19-8)12-4-2-10(22(28)29)7-13(12)23(30)31/h2-7,19,24H,1H3. The fourth-order valence-electron chi connectivity index (χ4n) is 2.60. The summed E-state index contributed by atoms with van der Waals surface area (Å²) in [7, 11) is 0. The Morgan fingerprint density at radius 2 is 1.55 bits per heavy atom. The van der Waals surface area contributed by atoms with Crippen LogP contribution in [-0.2, 0) is 0 Å². The molecule has 0 aliphatic carbocycles. The molecule has 2 N–H and O–H groups in total. The first kappa shape index (κ1) is 20.8. The smallest absolute Gasteiger partial charge is 0.301 e. The Kier molecular flexibility index (Phi) is 5.24. The molecule has 0 saturated carbocycles. The van der Waals surface area contributed by atoms with Crippen LogP contribution in [0.3, 0.4) is 0 Å². The minimum atomic E-state index is -0.882. The molecule has 3 rings (SSSR count). The van der Waals surface area contributed by atoms with Crippen LogP contribution in [0.15, 0.2) is 51.4 Å². The van der Waals surface area contributed by atoms with Crippen LogP contribution >= 0.6 is 0 Å². The van der Waals surface area contributed by atoms with E-state index in [4.69, 9.17) is 0 Å². The fourth-order valence-corrected chi connectivity index (χ4v) is 2.60. The van der Waals surface area contributed by atoms with Gasteiger partial charge in [-0.05, 0) is 19.1 Å². The van der Waals surface area contributed by atoms with Crippen molar-refractivity contribution in [2.24, 2.45) is 10.2 Å². The molecule has 1 heterocycles. The number of phenolic OH excluding ortho intramolecular Hbond substituents is 1. The summed E-state index contributed by atoms with van der Waals surface area (Å²) in [5.74, 6) is -0.422. The number of aryl methyl sites for hydroxylation is 1. The highest BCUT2D eigenvalue weighted by Crippen LogP contribution is 2.32. The van der Waals surface area contributed by atoms with Gasteiger partial charge in [0.1, 0.15) is 17.1 Å². The van der Waals surface area contributed by atoms with Crippen molar-refractivity contribution in [1.82, 2.24) is 9.78 Å². The highest BCUT2D eigenvalue weighted by atomic mass is 16.6. The zero-order chi connectivity index (χ0) is 22.9. The van der Waals surface area contributed by atoms with Crippen molar-refractivity contribution in [1.29, 1.82) is 0 Å². The first-order valence-corrected chi connectivity index (χ1v) is 8.24. The average molecular weight is 429 g/mol. The SMILES string of the molecule is Cc1[nH]n(-c2ccc([N+](=O)[O-])cc2[N+](=O)[O-])c(=O)c1N=Nc1cc([N+](=O)[O-])ccc1O. The van der Waals surface area contributed by atoms with Gasteiger partial charge in [0.25, 0.3) is 16.9 Å². The van der Waals surface area contributed by atoms with E-state index in [1.807, 2.05) is 0 Å². The number of aromatic hydroxyl groups is 1. The van der Waals surface area contributed by atoms with Crippen LogP contribution in [0.2, 0.25) is 0 Å². The molecule has 0 amide bonds. The highest BCUT2D eigenvalue weighted by Gasteiger charge is 2.24. The van der Waals surface area contributed by atoms with Gasteiger partial charge in [0.05, 0.1) is 26.5 Å². The summed E-state index contributed by atoms with van der Waals surface area (Å²) in [5.41, 5.74) is -3.18. The van der Waals surface area contributed by atoms with Gasteiger partial charge in [-0.2, -0.15) is 0 Å². The van der Waals surface area contributed by atoms with E-state index in [1.54, 1.807) is 0 Å². The maximum atomic E-state index is 12.7. The summed E-state index contributed by atoms with van der Waals surface area (Å²) in [4.78, 5) is 43.4. The number of benzene rings is 2.